The lowest BCUT2D eigenvalue weighted by atomic mass is 10.1. The third kappa shape index (κ3) is 5.83. The molecule has 0 heterocycles. The maximum atomic E-state index is 12.1. The summed E-state index contributed by atoms with van der Waals surface area (Å²) in [7, 11) is -3.64. The summed E-state index contributed by atoms with van der Waals surface area (Å²) in [5.74, 6) is -1.45. The molecule has 0 radical (unpaired) electrons. The van der Waals surface area contributed by atoms with Gasteiger partial charge >= 0.3 is 12.6 Å². The molecule has 0 atom stereocenters. The first-order chi connectivity index (χ1) is 13.2. The zero-order valence-electron chi connectivity index (χ0n) is 14.7. The highest BCUT2D eigenvalue weighted by Crippen LogP contribution is 2.16. The van der Waals surface area contributed by atoms with E-state index in [1.165, 1.54) is 48.5 Å². The fraction of sp³-hybridized carbons (Fsp3) is 0.222. The third-order valence-electron chi connectivity index (χ3n) is 3.47. The molecule has 2 aromatic rings. The lowest BCUT2D eigenvalue weighted by molar-refractivity contribution is -0.0498. The molecule has 7 nitrogen and oxygen atoms in total. The van der Waals surface area contributed by atoms with Gasteiger partial charge in [0.2, 0.25) is 10.0 Å². The average molecular weight is 413 g/mol. The fourth-order valence-corrected chi connectivity index (χ4v) is 3.20. The van der Waals surface area contributed by atoms with Crippen LogP contribution in [0, 0.1) is 0 Å². The minimum absolute atomic E-state index is 0.00640. The number of ether oxygens (including phenoxy) is 2. The first-order valence-electron chi connectivity index (χ1n) is 8.08. The maximum Gasteiger partial charge on any atom is 0.387 e. The Bertz CT molecular complexity index is 928. The molecule has 2 rings (SSSR count). The van der Waals surface area contributed by atoms with E-state index < -0.39 is 35.0 Å². The second kappa shape index (κ2) is 9.38. The van der Waals surface area contributed by atoms with Gasteiger partial charge in [0.25, 0.3) is 0 Å². The van der Waals surface area contributed by atoms with E-state index in [0.29, 0.717) is 0 Å². The van der Waals surface area contributed by atoms with Crippen LogP contribution in [0.4, 0.5) is 8.78 Å². The molecule has 0 amide bonds. The number of benzene rings is 2. The minimum atomic E-state index is -3.64. The molecule has 0 unspecified atom stereocenters. The zero-order chi connectivity index (χ0) is 20.7. The van der Waals surface area contributed by atoms with E-state index in [-0.39, 0.29) is 28.3 Å². The van der Waals surface area contributed by atoms with Crippen molar-refractivity contribution in [3.8, 4) is 5.75 Å². The Balaban J connectivity index is 1.95. The highest BCUT2D eigenvalue weighted by molar-refractivity contribution is 7.89. The fourth-order valence-electron chi connectivity index (χ4n) is 2.16. The minimum Gasteiger partial charge on any atom is -0.454 e. The number of esters is 1. The molecule has 28 heavy (non-hydrogen) atoms. The van der Waals surface area contributed by atoms with Gasteiger partial charge in [-0.3, -0.25) is 4.79 Å². The molecule has 1 N–H and O–H groups in total. The lowest BCUT2D eigenvalue weighted by Crippen LogP contribution is -2.23. The van der Waals surface area contributed by atoms with Gasteiger partial charge in [-0.15, -0.1) is 0 Å². The van der Waals surface area contributed by atoms with Crippen LogP contribution in [0.25, 0.3) is 0 Å². The Morgan fingerprint density at radius 3 is 2.11 bits per heavy atom. The Hall–Kier alpha value is -2.85. The predicted octanol–water partition coefficient (Wildman–Crippen LogP) is 2.63. The summed E-state index contributed by atoms with van der Waals surface area (Å²) >= 11 is 0. The van der Waals surface area contributed by atoms with Crippen molar-refractivity contribution in [2.24, 2.45) is 0 Å². The standard InChI is InChI=1S/C18H17F2NO6S/c1-2-21-28(24,25)15-9-5-13(6-10-15)17(23)26-11-16(22)12-3-7-14(8-4-12)27-18(19)20/h3-10,18,21H,2,11H2,1H3. The van der Waals surface area contributed by atoms with E-state index in [1.807, 2.05) is 0 Å². The topological polar surface area (TPSA) is 98.8 Å². The Morgan fingerprint density at radius 1 is 1.00 bits per heavy atom. The largest absolute Gasteiger partial charge is 0.454 e. The SMILES string of the molecule is CCNS(=O)(=O)c1ccc(C(=O)OCC(=O)c2ccc(OC(F)F)cc2)cc1. The Kier molecular flexibility index (Phi) is 7.18. The number of hydrogen-bond acceptors (Lipinski definition) is 6. The van der Waals surface area contributed by atoms with Crippen molar-refractivity contribution in [1.29, 1.82) is 0 Å². The molecule has 2 aromatic carbocycles. The summed E-state index contributed by atoms with van der Waals surface area (Å²) in [4.78, 5) is 24.0. The third-order valence-corrected chi connectivity index (χ3v) is 5.03. The summed E-state index contributed by atoms with van der Waals surface area (Å²) in [6, 6.07) is 9.98. The molecule has 0 bridgehead atoms. The van der Waals surface area contributed by atoms with Crippen LogP contribution in [0.2, 0.25) is 0 Å². The number of rotatable bonds is 9. The molecule has 10 heteroatoms. The molecule has 0 aliphatic carbocycles. The molecule has 150 valence electrons. The number of Topliss-reactive ketones (excluding diaryl/α,β-unsaturated/α-hetero) is 1. The molecule has 0 aliphatic rings. The number of sulfonamides is 1. The molecule has 0 aromatic heterocycles. The van der Waals surface area contributed by atoms with E-state index in [1.54, 1.807) is 6.92 Å². The summed E-state index contributed by atoms with van der Waals surface area (Å²) in [6.07, 6.45) is 0. The Labute approximate surface area is 160 Å². The van der Waals surface area contributed by atoms with Crippen LogP contribution in [-0.4, -0.2) is 39.9 Å². The van der Waals surface area contributed by atoms with Gasteiger partial charge in [0, 0.05) is 12.1 Å². The highest BCUT2D eigenvalue weighted by atomic mass is 32.2. The zero-order valence-corrected chi connectivity index (χ0v) is 15.5. The van der Waals surface area contributed by atoms with Crippen LogP contribution in [0.15, 0.2) is 53.4 Å². The molecule has 0 fully saturated rings. The predicted molar refractivity (Wildman–Crippen MR) is 95.0 cm³/mol. The summed E-state index contributed by atoms with van der Waals surface area (Å²) in [6.45, 7) is -1.67. The van der Waals surface area contributed by atoms with Crippen LogP contribution in [0.1, 0.15) is 27.6 Å². The lowest BCUT2D eigenvalue weighted by Gasteiger charge is -2.07. The van der Waals surface area contributed by atoms with Crippen molar-refractivity contribution in [1.82, 2.24) is 4.72 Å². The Morgan fingerprint density at radius 2 is 1.57 bits per heavy atom. The van der Waals surface area contributed by atoms with Crippen LogP contribution in [-0.2, 0) is 14.8 Å². The number of carbonyl (C=O) groups excluding carboxylic acids is 2. The second-order valence-corrected chi connectivity index (χ2v) is 7.19. The van der Waals surface area contributed by atoms with Crippen molar-refractivity contribution in [2.45, 2.75) is 18.4 Å². The van der Waals surface area contributed by atoms with Gasteiger partial charge in [0.15, 0.2) is 12.4 Å². The van der Waals surface area contributed by atoms with Crippen LogP contribution in [0.3, 0.4) is 0 Å². The van der Waals surface area contributed by atoms with Crippen molar-refractivity contribution in [3.05, 3.63) is 59.7 Å². The molecular formula is C18H17F2NO6S. The molecule has 0 saturated carbocycles. The van der Waals surface area contributed by atoms with Gasteiger partial charge < -0.3 is 9.47 Å². The van der Waals surface area contributed by atoms with Crippen molar-refractivity contribution in [3.63, 3.8) is 0 Å². The first kappa shape index (κ1) is 21.5. The van der Waals surface area contributed by atoms with Gasteiger partial charge in [-0.25, -0.2) is 17.9 Å². The smallest absolute Gasteiger partial charge is 0.387 e. The molecule has 0 spiro atoms. The van der Waals surface area contributed by atoms with Crippen LogP contribution in [0.5, 0.6) is 5.75 Å². The number of halogens is 2. The maximum absolute atomic E-state index is 12.1. The van der Waals surface area contributed by atoms with E-state index in [4.69, 9.17) is 4.74 Å². The van der Waals surface area contributed by atoms with Gasteiger partial charge in [-0.05, 0) is 48.5 Å². The monoisotopic (exact) mass is 413 g/mol. The number of ketones is 1. The normalized spacial score (nSPS) is 11.3. The molecule has 0 aliphatic heterocycles. The quantitative estimate of drug-likeness (QED) is 0.501. The molecular weight excluding hydrogens is 396 g/mol. The number of hydrogen-bond donors (Lipinski definition) is 1. The first-order valence-corrected chi connectivity index (χ1v) is 9.56. The van der Waals surface area contributed by atoms with Crippen molar-refractivity contribution in [2.75, 3.05) is 13.2 Å². The van der Waals surface area contributed by atoms with E-state index in [9.17, 15) is 26.8 Å². The summed E-state index contributed by atoms with van der Waals surface area (Å²) in [5.41, 5.74) is 0.227. The van der Waals surface area contributed by atoms with Crippen molar-refractivity contribution >= 4 is 21.8 Å². The van der Waals surface area contributed by atoms with Gasteiger partial charge in [0.1, 0.15) is 5.75 Å². The number of carbonyl (C=O) groups is 2. The highest BCUT2D eigenvalue weighted by Gasteiger charge is 2.16. The average Bonchev–Trinajstić information content (AvgIpc) is 2.66. The second-order valence-electron chi connectivity index (χ2n) is 5.43. The van der Waals surface area contributed by atoms with Crippen LogP contribution < -0.4 is 9.46 Å². The van der Waals surface area contributed by atoms with E-state index >= 15 is 0 Å². The van der Waals surface area contributed by atoms with Gasteiger partial charge in [-0.1, -0.05) is 6.92 Å². The summed E-state index contributed by atoms with van der Waals surface area (Å²) < 4.78 is 59.3. The molecule has 0 saturated heterocycles. The number of alkyl halides is 2. The van der Waals surface area contributed by atoms with E-state index in [2.05, 4.69) is 9.46 Å². The van der Waals surface area contributed by atoms with Gasteiger partial charge in [-0.2, -0.15) is 8.78 Å². The number of nitrogens with one attached hydrogen (secondary N) is 1. The van der Waals surface area contributed by atoms with E-state index in [0.717, 1.165) is 0 Å². The van der Waals surface area contributed by atoms with Gasteiger partial charge in [0.05, 0.1) is 10.5 Å². The van der Waals surface area contributed by atoms with Crippen LogP contribution >= 0.6 is 0 Å². The van der Waals surface area contributed by atoms with Crippen molar-refractivity contribution < 1.29 is 36.3 Å². The summed E-state index contributed by atoms with van der Waals surface area (Å²) in [5, 5.41) is 0.